The molecule has 1 fully saturated rings. The molecule has 0 radical (unpaired) electrons. The lowest BCUT2D eigenvalue weighted by Crippen LogP contribution is -2.40. The van der Waals surface area contributed by atoms with Crippen molar-refractivity contribution in [3.05, 3.63) is 65.5 Å². The molecule has 0 aromatic heterocycles. The maximum atomic E-state index is 13.6. The molecule has 1 saturated heterocycles. The molecule has 2 aromatic rings. The van der Waals surface area contributed by atoms with E-state index in [9.17, 15) is 4.39 Å². The quantitative estimate of drug-likeness (QED) is 0.284. The highest BCUT2D eigenvalue weighted by Crippen LogP contribution is 2.15. The second-order valence-electron chi connectivity index (χ2n) is 7.54. The van der Waals surface area contributed by atoms with Gasteiger partial charge >= 0.3 is 0 Å². The monoisotopic (exact) mass is 557 g/mol. The Balaban J connectivity index is 0.00000363. The number of nitrogens with zero attached hydrogens (tertiary/aromatic N) is 2. The SMILES string of the molecule is CN=C(NCc1ccc(COC2CCOCC2)cc1)N(C)CCOc1ccccc1F.I. The third-order valence-electron chi connectivity index (χ3n) is 5.22. The first-order valence-corrected chi connectivity index (χ1v) is 10.7. The van der Waals surface area contributed by atoms with Gasteiger partial charge in [-0.2, -0.15) is 0 Å². The fraction of sp³-hybridized carbons (Fsp3) is 0.458. The zero-order valence-electron chi connectivity index (χ0n) is 18.8. The number of aliphatic imine (C=N–C) groups is 1. The number of likely N-dealkylation sites (N-methyl/N-ethyl adjacent to an activating group) is 1. The summed E-state index contributed by atoms with van der Waals surface area (Å²) >= 11 is 0. The Bertz CT molecular complexity index is 829. The van der Waals surface area contributed by atoms with Gasteiger partial charge in [-0.05, 0) is 36.1 Å². The normalized spacial score (nSPS) is 14.5. The van der Waals surface area contributed by atoms with Gasteiger partial charge in [-0.3, -0.25) is 4.99 Å². The van der Waals surface area contributed by atoms with Crippen LogP contribution in [0.25, 0.3) is 0 Å². The third kappa shape index (κ3) is 8.55. The van der Waals surface area contributed by atoms with Crippen molar-refractivity contribution in [1.82, 2.24) is 10.2 Å². The molecule has 3 rings (SSSR count). The van der Waals surface area contributed by atoms with Crippen LogP contribution in [0.15, 0.2) is 53.5 Å². The molecule has 0 aliphatic carbocycles. The van der Waals surface area contributed by atoms with Crippen molar-refractivity contribution >= 4 is 29.9 Å². The molecule has 32 heavy (non-hydrogen) atoms. The van der Waals surface area contributed by atoms with Crippen LogP contribution in [-0.4, -0.2) is 57.4 Å². The van der Waals surface area contributed by atoms with Gasteiger partial charge in [0.15, 0.2) is 17.5 Å². The van der Waals surface area contributed by atoms with Crippen LogP contribution < -0.4 is 10.1 Å². The number of rotatable bonds is 9. The summed E-state index contributed by atoms with van der Waals surface area (Å²) in [4.78, 5) is 6.27. The lowest BCUT2D eigenvalue weighted by Gasteiger charge is -2.23. The highest BCUT2D eigenvalue weighted by Gasteiger charge is 2.14. The zero-order valence-corrected chi connectivity index (χ0v) is 21.1. The Labute approximate surface area is 207 Å². The zero-order chi connectivity index (χ0) is 21.9. The van der Waals surface area contributed by atoms with E-state index in [-0.39, 0.29) is 35.5 Å². The van der Waals surface area contributed by atoms with Gasteiger partial charge in [0.2, 0.25) is 0 Å². The number of hydrogen-bond acceptors (Lipinski definition) is 4. The summed E-state index contributed by atoms with van der Waals surface area (Å²) in [5.74, 6) is 0.665. The van der Waals surface area contributed by atoms with Gasteiger partial charge < -0.3 is 24.4 Å². The minimum Gasteiger partial charge on any atom is -0.489 e. The molecule has 8 heteroatoms. The van der Waals surface area contributed by atoms with Gasteiger partial charge in [0.25, 0.3) is 0 Å². The molecule has 176 valence electrons. The molecule has 1 heterocycles. The van der Waals surface area contributed by atoms with Crippen LogP contribution in [0.1, 0.15) is 24.0 Å². The molecule has 1 N–H and O–H groups in total. The number of ether oxygens (including phenoxy) is 3. The summed E-state index contributed by atoms with van der Waals surface area (Å²) in [5, 5.41) is 3.35. The van der Waals surface area contributed by atoms with Gasteiger partial charge in [0.1, 0.15) is 6.61 Å². The van der Waals surface area contributed by atoms with Crippen molar-refractivity contribution in [2.45, 2.75) is 32.1 Å². The first-order chi connectivity index (χ1) is 15.2. The Kier molecular flexibility index (Phi) is 11.8. The highest BCUT2D eigenvalue weighted by atomic mass is 127. The van der Waals surface area contributed by atoms with Gasteiger partial charge in [0, 0.05) is 33.9 Å². The summed E-state index contributed by atoms with van der Waals surface area (Å²) < 4.78 is 30.5. The van der Waals surface area contributed by atoms with Crippen molar-refractivity contribution in [2.24, 2.45) is 4.99 Å². The van der Waals surface area contributed by atoms with Crippen LogP contribution in [-0.2, 0) is 22.6 Å². The van der Waals surface area contributed by atoms with Crippen LogP contribution in [0, 0.1) is 5.82 Å². The van der Waals surface area contributed by atoms with Crippen molar-refractivity contribution in [1.29, 1.82) is 0 Å². The second kappa shape index (κ2) is 14.3. The van der Waals surface area contributed by atoms with Crippen molar-refractivity contribution in [2.75, 3.05) is 40.5 Å². The van der Waals surface area contributed by atoms with E-state index in [2.05, 4.69) is 34.6 Å². The average Bonchev–Trinajstić information content (AvgIpc) is 2.81. The van der Waals surface area contributed by atoms with E-state index in [0.717, 1.165) is 37.6 Å². The number of benzene rings is 2. The molecule has 0 unspecified atom stereocenters. The topological polar surface area (TPSA) is 55.3 Å². The van der Waals surface area contributed by atoms with Crippen LogP contribution in [0.5, 0.6) is 5.75 Å². The molecule has 1 aliphatic rings. The van der Waals surface area contributed by atoms with Crippen LogP contribution in [0.3, 0.4) is 0 Å². The molecule has 2 aromatic carbocycles. The molecule has 0 spiro atoms. The molecular formula is C24H33FIN3O3. The van der Waals surface area contributed by atoms with Crippen LogP contribution in [0.4, 0.5) is 4.39 Å². The van der Waals surface area contributed by atoms with Gasteiger partial charge in [-0.1, -0.05) is 36.4 Å². The average molecular weight is 557 g/mol. The standard InChI is InChI=1S/C24H32FN3O3.HI/c1-26-24(28(2)13-16-30-23-6-4-3-5-22(23)25)27-17-19-7-9-20(10-8-19)18-31-21-11-14-29-15-12-21;/h3-10,21H,11-18H2,1-2H3,(H,26,27);1H. The molecule has 6 nitrogen and oxygen atoms in total. The summed E-state index contributed by atoms with van der Waals surface area (Å²) in [7, 11) is 3.67. The van der Waals surface area contributed by atoms with E-state index in [1.165, 1.54) is 11.6 Å². The Hall–Kier alpha value is -1.91. The summed E-state index contributed by atoms with van der Waals surface area (Å²) in [6.07, 6.45) is 2.25. The van der Waals surface area contributed by atoms with E-state index >= 15 is 0 Å². The molecule has 0 saturated carbocycles. The van der Waals surface area contributed by atoms with E-state index in [0.29, 0.717) is 32.4 Å². The summed E-state index contributed by atoms with van der Waals surface area (Å²) in [6, 6.07) is 14.8. The Morgan fingerprint density at radius 3 is 2.50 bits per heavy atom. The van der Waals surface area contributed by atoms with E-state index in [4.69, 9.17) is 14.2 Å². The summed E-state index contributed by atoms with van der Waals surface area (Å²) in [6.45, 7) is 3.81. The number of guanidine groups is 1. The fourth-order valence-electron chi connectivity index (χ4n) is 3.34. The van der Waals surface area contributed by atoms with Crippen molar-refractivity contribution in [3.8, 4) is 5.75 Å². The molecule has 0 amide bonds. The van der Waals surface area contributed by atoms with E-state index in [1.54, 1.807) is 25.2 Å². The third-order valence-corrected chi connectivity index (χ3v) is 5.22. The number of para-hydroxylation sites is 1. The first kappa shape index (κ1) is 26.3. The second-order valence-corrected chi connectivity index (χ2v) is 7.54. The van der Waals surface area contributed by atoms with Crippen molar-refractivity contribution < 1.29 is 18.6 Å². The Morgan fingerprint density at radius 1 is 1.12 bits per heavy atom. The minimum absolute atomic E-state index is 0. The van der Waals surface area contributed by atoms with E-state index < -0.39 is 0 Å². The minimum atomic E-state index is -0.353. The maximum absolute atomic E-state index is 13.6. The maximum Gasteiger partial charge on any atom is 0.193 e. The van der Waals surface area contributed by atoms with E-state index in [1.807, 2.05) is 11.9 Å². The largest absolute Gasteiger partial charge is 0.489 e. The van der Waals surface area contributed by atoms with Gasteiger partial charge in [0.05, 0.1) is 19.3 Å². The lowest BCUT2D eigenvalue weighted by atomic mass is 10.1. The number of hydrogen-bond donors (Lipinski definition) is 1. The summed E-state index contributed by atoms with van der Waals surface area (Å²) in [5.41, 5.74) is 2.33. The molecule has 0 bridgehead atoms. The lowest BCUT2D eigenvalue weighted by molar-refractivity contribution is -0.0390. The molecule has 1 aliphatic heterocycles. The number of halogens is 2. The predicted molar refractivity (Wildman–Crippen MR) is 135 cm³/mol. The number of nitrogens with one attached hydrogen (secondary N) is 1. The van der Waals surface area contributed by atoms with Crippen LogP contribution in [0.2, 0.25) is 0 Å². The molecular weight excluding hydrogens is 524 g/mol. The van der Waals surface area contributed by atoms with Gasteiger partial charge in [-0.25, -0.2) is 4.39 Å². The smallest absolute Gasteiger partial charge is 0.193 e. The Morgan fingerprint density at radius 2 is 1.81 bits per heavy atom. The fourth-order valence-corrected chi connectivity index (χ4v) is 3.34. The van der Waals surface area contributed by atoms with Crippen LogP contribution >= 0.6 is 24.0 Å². The first-order valence-electron chi connectivity index (χ1n) is 10.7. The highest BCUT2D eigenvalue weighted by molar-refractivity contribution is 14.0. The molecule has 0 atom stereocenters. The van der Waals surface area contributed by atoms with Gasteiger partial charge in [-0.15, -0.1) is 24.0 Å². The predicted octanol–water partition coefficient (Wildman–Crippen LogP) is 4.23. The van der Waals surface area contributed by atoms with Crippen molar-refractivity contribution in [3.63, 3.8) is 0 Å².